The number of carbonyl (C=O) groups is 4. The van der Waals surface area contributed by atoms with Gasteiger partial charge in [0.2, 0.25) is 11.8 Å². The summed E-state index contributed by atoms with van der Waals surface area (Å²) in [7, 11) is 0. The monoisotopic (exact) mass is 494 g/mol. The van der Waals surface area contributed by atoms with Crippen LogP contribution in [-0.2, 0) is 28.7 Å². The number of hydrogen-bond acceptors (Lipinski definition) is 6. The van der Waals surface area contributed by atoms with Gasteiger partial charge in [0.1, 0.15) is 0 Å². The second kappa shape index (κ2) is 19.9. The third-order valence-corrected chi connectivity index (χ3v) is 6.20. The number of esters is 2. The number of carbonyl (C=O) groups excluding carboxylic acids is 4. The van der Waals surface area contributed by atoms with Crippen molar-refractivity contribution < 1.29 is 28.7 Å². The molecule has 0 radical (unpaired) electrons. The lowest BCUT2D eigenvalue weighted by Gasteiger charge is -2.20. The minimum atomic E-state index is -0.352. The van der Waals surface area contributed by atoms with Gasteiger partial charge in [-0.05, 0) is 57.8 Å². The second-order valence-electron chi connectivity index (χ2n) is 9.22. The first-order valence-corrected chi connectivity index (χ1v) is 13.4. The van der Waals surface area contributed by atoms with E-state index in [0.717, 1.165) is 110 Å². The first-order valence-electron chi connectivity index (χ1n) is 13.4. The van der Waals surface area contributed by atoms with Crippen LogP contribution in [-0.4, -0.2) is 72.9 Å². The van der Waals surface area contributed by atoms with Crippen LogP contribution in [0.15, 0.2) is 12.7 Å². The van der Waals surface area contributed by atoms with Crippen molar-refractivity contribution in [2.24, 2.45) is 0 Å². The van der Waals surface area contributed by atoms with Gasteiger partial charge in [-0.15, -0.1) is 0 Å². The van der Waals surface area contributed by atoms with Crippen molar-refractivity contribution in [3.63, 3.8) is 0 Å². The molecule has 2 amide bonds. The van der Waals surface area contributed by atoms with E-state index >= 15 is 0 Å². The number of rotatable bonds is 15. The fraction of sp³-hybridized carbons (Fsp3) is 0.778. The molecule has 2 fully saturated rings. The summed E-state index contributed by atoms with van der Waals surface area (Å²) >= 11 is 0. The molecule has 0 bridgehead atoms. The van der Waals surface area contributed by atoms with Crippen molar-refractivity contribution in [2.45, 2.75) is 96.8 Å². The van der Waals surface area contributed by atoms with Crippen molar-refractivity contribution in [1.82, 2.24) is 9.80 Å². The SMILES string of the molecule is C=CC(=O)OCCCCCCN1CCCCCC1=O.CC(=O)OCCCCCCN1CCCC1=O. The minimum Gasteiger partial charge on any atom is -0.466 e. The molecule has 0 N–H and O–H groups in total. The molecule has 0 unspecified atom stereocenters. The maximum atomic E-state index is 11.7. The summed E-state index contributed by atoms with van der Waals surface area (Å²) in [5, 5.41) is 0. The molecule has 2 aliphatic heterocycles. The third kappa shape index (κ3) is 16.0. The Hall–Kier alpha value is -2.38. The van der Waals surface area contributed by atoms with E-state index in [9.17, 15) is 19.2 Å². The van der Waals surface area contributed by atoms with Crippen molar-refractivity contribution >= 4 is 23.8 Å². The van der Waals surface area contributed by atoms with E-state index in [1.54, 1.807) is 0 Å². The summed E-state index contributed by atoms with van der Waals surface area (Å²) in [5.74, 6) is 0.0650. The molecule has 0 spiro atoms. The number of amides is 2. The zero-order chi connectivity index (χ0) is 25.7. The Morgan fingerprint density at radius 2 is 1.26 bits per heavy atom. The predicted molar refractivity (Wildman–Crippen MR) is 136 cm³/mol. The summed E-state index contributed by atoms with van der Waals surface area (Å²) < 4.78 is 9.74. The Kier molecular flexibility index (Phi) is 17.4. The van der Waals surface area contributed by atoms with Crippen molar-refractivity contribution in [3.05, 3.63) is 12.7 Å². The number of likely N-dealkylation sites (tertiary alicyclic amines) is 2. The van der Waals surface area contributed by atoms with Crippen LogP contribution < -0.4 is 0 Å². The van der Waals surface area contributed by atoms with Crippen LogP contribution in [0.25, 0.3) is 0 Å². The van der Waals surface area contributed by atoms with Gasteiger partial charge in [0.05, 0.1) is 13.2 Å². The molecular formula is C27H46N2O6. The van der Waals surface area contributed by atoms with E-state index in [1.165, 1.54) is 19.4 Å². The number of unbranched alkanes of at least 4 members (excludes halogenated alkanes) is 6. The lowest BCUT2D eigenvalue weighted by atomic mass is 10.2. The van der Waals surface area contributed by atoms with Gasteiger partial charge < -0.3 is 19.3 Å². The van der Waals surface area contributed by atoms with Crippen LogP contribution in [0.4, 0.5) is 0 Å². The minimum absolute atomic E-state index is 0.206. The summed E-state index contributed by atoms with van der Waals surface area (Å²) in [5.41, 5.74) is 0. The van der Waals surface area contributed by atoms with Crippen molar-refractivity contribution in [3.8, 4) is 0 Å². The lowest BCUT2D eigenvalue weighted by molar-refractivity contribution is -0.141. The Balaban J connectivity index is 0.000000355. The molecule has 0 saturated carbocycles. The molecule has 0 aromatic carbocycles. The normalized spacial score (nSPS) is 15.8. The van der Waals surface area contributed by atoms with E-state index in [2.05, 4.69) is 6.58 Å². The highest BCUT2D eigenvalue weighted by molar-refractivity contribution is 5.81. The Morgan fingerprint density at radius 1 is 0.743 bits per heavy atom. The van der Waals surface area contributed by atoms with Crippen molar-refractivity contribution in [2.75, 3.05) is 39.4 Å². The van der Waals surface area contributed by atoms with Gasteiger partial charge >= 0.3 is 11.9 Å². The highest BCUT2D eigenvalue weighted by Gasteiger charge is 2.18. The summed E-state index contributed by atoms with van der Waals surface area (Å²) in [6.07, 6.45) is 15.2. The quantitative estimate of drug-likeness (QED) is 0.190. The van der Waals surface area contributed by atoms with E-state index in [0.29, 0.717) is 25.0 Å². The number of hydrogen-bond donors (Lipinski definition) is 0. The van der Waals surface area contributed by atoms with E-state index in [1.807, 2.05) is 9.80 Å². The van der Waals surface area contributed by atoms with Gasteiger partial charge in [0.25, 0.3) is 0 Å². The molecule has 0 aromatic heterocycles. The smallest absolute Gasteiger partial charge is 0.330 e. The molecule has 200 valence electrons. The van der Waals surface area contributed by atoms with E-state index in [4.69, 9.17) is 9.47 Å². The highest BCUT2D eigenvalue weighted by atomic mass is 16.5. The molecular weight excluding hydrogens is 448 g/mol. The maximum absolute atomic E-state index is 11.7. The molecule has 2 aliphatic rings. The highest BCUT2D eigenvalue weighted by Crippen LogP contribution is 2.13. The predicted octanol–water partition coefficient (Wildman–Crippen LogP) is 4.41. The summed E-state index contributed by atoms with van der Waals surface area (Å²) in [4.78, 5) is 48.3. The summed E-state index contributed by atoms with van der Waals surface area (Å²) in [6, 6.07) is 0. The zero-order valence-electron chi connectivity index (χ0n) is 21.8. The molecule has 2 heterocycles. The third-order valence-electron chi connectivity index (χ3n) is 6.20. The van der Waals surface area contributed by atoms with Crippen LogP contribution in [0.2, 0.25) is 0 Å². The molecule has 2 rings (SSSR count). The molecule has 0 aromatic rings. The number of ether oxygens (including phenoxy) is 2. The average molecular weight is 495 g/mol. The van der Waals surface area contributed by atoms with Gasteiger partial charge in [-0.2, -0.15) is 0 Å². The van der Waals surface area contributed by atoms with E-state index in [-0.39, 0.29) is 11.9 Å². The lowest BCUT2D eigenvalue weighted by Crippen LogP contribution is -2.31. The second-order valence-corrected chi connectivity index (χ2v) is 9.22. The standard InChI is InChI=1S/C15H25NO3.C12H21NO3/c1-2-15(18)19-13-9-4-3-7-11-16-12-8-5-6-10-14(16)17;1-11(14)16-10-5-3-2-4-8-13-9-6-7-12(13)15/h2H,1,3-13H2;2-10H2,1H3. The maximum Gasteiger partial charge on any atom is 0.330 e. The van der Waals surface area contributed by atoms with Crippen LogP contribution in [0.3, 0.4) is 0 Å². The van der Waals surface area contributed by atoms with E-state index < -0.39 is 0 Å². The first kappa shape index (κ1) is 30.7. The molecule has 0 aliphatic carbocycles. The van der Waals surface area contributed by atoms with Gasteiger partial charge in [-0.3, -0.25) is 14.4 Å². The average Bonchev–Trinajstić information content (AvgIpc) is 3.13. The zero-order valence-corrected chi connectivity index (χ0v) is 21.8. The number of nitrogens with zero attached hydrogens (tertiary/aromatic N) is 2. The Labute approximate surface area is 211 Å². The molecule has 0 atom stereocenters. The molecule has 8 heteroatoms. The van der Waals surface area contributed by atoms with Gasteiger partial charge in [0.15, 0.2) is 0 Å². The van der Waals surface area contributed by atoms with Crippen LogP contribution in [0.5, 0.6) is 0 Å². The Morgan fingerprint density at radius 3 is 1.77 bits per heavy atom. The molecule has 2 saturated heterocycles. The summed E-state index contributed by atoms with van der Waals surface area (Å²) in [6.45, 7) is 9.40. The van der Waals surface area contributed by atoms with Crippen molar-refractivity contribution in [1.29, 1.82) is 0 Å². The van der Waals surface area contributed by atoms with Crippen LogP contribution in [0, 0.1) is 0 Å². The van der Waals surface area contributed by atoms with Crippen LogP contribution >= 0.6 is 0 Å². The topological polar surface area (TPSA) is 93.2 Å². The fourth-order valence-corrected chi connectivity index (χ4v) is 4.18. The van der Waals surface area contributed by atoms with Gasteiger partial charge in [0, 0.05) is 52.0 Å². The largest absolute Gasteiger partial charge is 0.466 e. The van der Waals surface area contributed by atoms with Crippen LogP contribution in [0.1, 0.15) is 96.8 Å². The first-order chi connectivity index (χ1) is 16.9. The van der Waals surface area contributed by atoms with Gasteiger partial charge in [-0.25, -0.2) is 4.79 Å². The van der Waals surface area contributed by atoms with Gasteiger partial charge in [-0.1, -0.05) is 25.8 Å². The fourth-order valence-electron chi connectivity index (χ4n) is 4.18. The molecule has 35 heavy (non-hydrogen) atoms. The molecule has 8 nitrogen and oxygen atoms in total. The Bertz CT molecular complexity index is 652.